The van der Waals surface area contributed by atoms with Crippen LogP contribution in [-0.2, 0) is 28.5 Å². The first kappa shape index (κ1) is 19.4. The summed E-state index contributed by atoms with van der Waals surface area (Å²) in [5.74, 6) is -3.30. The van der Waals surface area contributed by atoms with Gasteiger partial charge in [-0.1, -0.05) is 0 Å². The van der Waals surface area contributed by atoms with Crippen molar-refractivity contribution in [3.8, 4) is 0 Å². The zero-order chi connectivity index (χ0) is 17.3. The minimum atomic E-state index is -2.06. The van der Waals surface area contributed by atoms with Crippen LogP contribution in [0.25, 0.3) is 0 Å². The molecule has 0 aromatic carbocycles. The number of carbonyl (C=O) groups excluding carboxylic acids is 5. The lowest BCUT2D eigenvalue weighted by atomic mass is 10.4. The van der Waals surface area contributed by atoms with Gasteiger partial charge in [-0.05, 0) is 0 Å². The molecule has 0 spiro atoms. The number of aliphatic hydroxyl groups is 4. The van der Waals surface area contributed by atoms with Crippen molar-refractivity contribution in [3.05, 3.63) is 0 Å². The van der Waals surface area contributed by atoms with Gasteiger partial charge in [0.2, 0.25) is 0 Å². The fraction of sp³-hybridized carbons (Fsp3) is 0.444. The predicted octanol–water partition coefficient (Wildman–Crippen LogP) is -2.83. The Morgan fingerprint density at radius 3 is 1.18 bits per heavy atom. The Kier molecular flexibility index (Phi) is 8.24. The molecule has 0 aromatic heterocycles. The maximum Gasteiger partial charge on any atom is 0.528 e. The zero-order valence-electron chi connectivity index (χ0n) is 10.5. The van der Waals surface area contributed by atoms with E-state index in [-0.39, 0.29) is 0 Å². The summed E-state index contributed by atoms with van der Waals surface area (Å²) in [6.07, 6.45) is -10.2. The number of ether oxygens (including phenoxy) is 4. The van der Waals surface area contributed by atoms with Gasteiger partial charge in [0.05, 0.1) is 13.2 Å². The molecule has 0 aliphatic carbocycles. The average molecular weight is 326 g/mol. The third-order valence-electron chi connectivity index (χ3n) is 1.59. The van der Waals surface area contributed by atoms with E-state index < -0.39 is 55.8 Å². The summed E-state index contributed by atoms with van der Waals surface area (Å²) in [6, 6.07) is 0. The zero-order valence-corrected chi connectivity index (χ0v) is 10.5. The Bertz CT molecular complexity index is 414. The molecular weight excluding hydrogens is 316 g/mol. The molecule has 4 N–H and O–H groups in total. The van der Waals surface area contributed by atoms with Crippen LogP contribution in [0.1, 0.15) is 0 Å². The Morgan fingerprint density at radius 1 is 0.636 bits per heavy atom. The molecule has 0 saturated carbocycles. The van der Waals surface area contributed by atoms with Crippen molar-refractivity contribution >= 4 is 30.4 Å². The second-order valence-electron chi connectivity index (χ2n) is 3.19. The Balaban J connectivity index is 4.23. The van der Waals surface area contributed by atoms with Crippen LogP contribution in [0.4, 0.5) is 14.4 Å². The summed E-state index contributed by atoms with van der Waals surface area (Å²) >= 11 is 0. The van der Waals surface area contributed by atoms with Crippen LogP contribution in [0.2, 0.25) is 0 Å². The highest BCUT2D eigenvalue weighted by Gasteiger charge is 2.26. The molecule has 2 atom stereocenters. The molecule has 0 fully saturated rings. The molecule has 0 rings (SSSR count). The molecule has 0 amide bonds. The number of esters is 2. The average Bonchev–Trinajstić information content (AvgIpc) is 2.44. The molecule has 0 saturated heterocycles. The first-order valence-corrected chi connectivity index (χ1v) is 5.20. The van der Waals surface area contributed by atoms with Crippen molar-refractivity contribution < 1.29 is 63.3 Å². The molecular formula is C9H10O13. The Labute approximate surface area is 120 Å². The SMILES string of the molecule is O=C(OC(=O)OC(=O)C(O)CO)OC(=O)OC(=O)C(O)CO. The van der Waals surface area contributed by atoms with E-state index in [1.807, 2.05) is 0 Å². The molecule has 22 heavy (non-hydrogen) atoms. The number of hydrogen-bond acceptors (Lipinski definition) is 13. The first-order chi connectivity index (χ1) is 10.2. The van der Waals surface area contributed by atoms with E-state index >= 15 is 0 Å². The van der Waals surface area contributed by atoms with Crippen molar-refractivity contribution in [2.45, 2.75) is 12.2 Å². The highest BCUT2D eigenvalue weighted by Crippen LogP contribution is 1.98. The van der Waals surface area contributed by atoms with E-state index in [1.165, 1.54) is 0 Å². The summed E-state index contributed by atoms with van der Waals surface area (Å²) in [5, 5.41) is 34.1. The van der Waals surface area contributed by atoms with Crippen molar-refractivity contribution in [3.63, 3.8) is 0 Å². The molecule has 0 heterocycles. The lowest BCUT2D eigenvalue weighted by molar-refractivity contribution is -0.150. The minimum Gasteiger partial charge on any atom is -0.393 e. The molecule has 2 unspecified atom stereocenters. The highest BCUT2D eigenvalue weighted by molar-refractivity contribution is 5.92. The smallest absolute Gasteiger partial charge is 0.393 e. The quantitative estimate of drug-likeness (QED) is 0.304. The van der Waals surface area contributed by atoms with Gasteiger partial charge in [-0.2, -0.15) is 0 Å². The Morgan fingerprint density at radius 2 is 0.909 bits per heavy atom. The maximum absolute atomic E-state index is 10.8. The number of aliphatic hydroxyl groups excluding tert-OH is 4. The summed E-state index contributed by atoms with van der Waals surface area (Å²) < 4.78 is 14.6. The minimum absolute atomic E-state index is 1.07. The standard InChI is InChI=1S/C9H10O13/c10-1-3(12)5(14)19-7(16)21-9(18)22-8(17)20-6(15)4(13)2-11/h3-4,10-13H,1-2H2. The van der Waals surface area contributed by atoms with Gasteiger partial charge in [0.15, 0.2) is 12.2 Å². The molecule has 0 aromatic rings. The van der Waals surface area contributed by atoms with Gasteiger partial charge < -0.3 is 39.4 Å². The van der Waals surface area contributed by atoms with E-state index in [0.717, 1.165) is 0 Å². The monoisotopic (exact) mass is 326 g/mol. The second-order valence-corrected chi connectivity index (χ2v) is 3.19. The molecule has 13 heteroatoms. The number of carbonyl (C=O) groups is 5. The summed E-state index contributed by atoms with van der Waals surface area (Å²) in [6.45, 7) is -2.14. The van der Waals surface area contributed by atoms with Crippen molar-refractivity contribution in [1.29, 1.82) is 0 Å². The third kappa shape index (κ3) is 7.25. The molecule has 13 nitrogen and oxygen atoms in total. The van der Waals surface area contributed by atoms with Crippen LogP contribution >= 0.6 is 0 Å². The molecule has 0 radical (unpaired) electrons. The Hall–Kier alpha value is -2.61. The second kappa shape index (κ2) is 9.35. The topological polar surface area (TPSA) is 203 Å². The number of hydrogen-bond donors (Lipinski definition) is 4. The van der Waals surface area contributed by atoms with Gasteiger partial charge in [-0.25, -0.2) is 24.0 Å². The van der Waals surface area contributed by atoms with Crippen molar-refractivity contribution in [2.75, 3.05) is 13.2 Å². The molecule has 124 valence electrons. The van der Waals surface area contributed by atoms with Crippen LogP contribution in [-0.4, -0.2) is 76.3 Å². The lowest BCUT2D eigenvalue weighted by Gasteiger charge is -2.07. The summed E-state index contributed by atoms with van der Waals surface area (Å²) in [5.41, 5.74) is 0. The van der Waals surface area contributed by atoms with Crippen LogP contribution in [0.15, 0.2) is 0 Å². The van der Waals surface area contributed by atoms with Gasteiger partial charge in [0.25, 0.3) is 0 Å². The van der Waals surface area contributed by atoms with Gasteiger partial charge in [-0.15, -0.1) is 0 Å². The van der Waals surface area contributed by atoms with Gasteiger partial charge in [0.1, 0.15) is 0 Å². The van der Waals surface area contributed by atoms with E-state index in [4.69, 9.17) is 20.4 Å². The van der Waals surface area contributed by atoms with Gasteiger partial charge >= 0.3 is 30.4 Å². The molecule has 0 bridgehead atoms. The van der Waals surface area contributed by atoms with Crippen LogP contribution in [0, 0.1) is 0 Å². The molecule has 0 aliphatic rings. The van der Waals surface area contributed by atoms with E-state index in [2.05, 4.69) is 18.9 Å². The predicted molar refractivity (Wildman–Crippen MR) is 56.7 cm³/mol. The maximum atomic E-state index is 10.8. The third-order valence-corrected chi connectivity index (χ3v) is 1.59. The number of rotatable bonds is 4. The van der Waals surface area contributed by atoms with Crippen molar-refractivity contribution in [1.82, 2.24) is 0 Å². The van der Waals surface area contributed by atoms with E-state index in [0.29, 0.717) is 0 Å². The van der Waals surface area contributed by atoms with Crippen LogP contribution < -0.4 is 0 Å². The molecule has 0 aliphatic heterocycles. The normalized spacial score (nSPS) is 12.5. The fourth-order valence-corrected chi connectivity index (χ4v) is 0.648. The summed E-state index contributed by atoms with van der Waals surface area (Å²) in [4.78, 5) is 53.9. The van der Waals surface area contributed by atoms with Crippen LogP contribution in [0.5, 0.6) is 0 Å². The van der Waals surface area contributed by atoms with E-state index in [1.54, 1.807) is 0 Å². The van der Waals surface area contributed by atoms with Crippen LogP contribution in [0.3, 0.4) is 0 Å². The first-order valence-electron chi connectivity index (χ1n) is 5.20. The van der Waals surface area contributed by atoms with Crippen molar-refractivity contribution in [2.24, 2.45) is 0 Å². The van der Waals surface area contributed by atoms with E-state index in [9.17, 15) is 24.0 Å². The van der Waals surface area contributed by atoms with Gasteiger partial charge in [0, 0.05) is 0 Å². The largest absolute Gasteiger partial charge is 0.528 e. The fourth-order valence-electron chi connectivity index (χ4n) is 0.648. The highest BCUT2D eigenvalue weighted by atomic mass is 16.9. The lowest BCUT2D eigenvalue weighted by Crippen LogP contribution is -2.31. The van der Waals surface area contributed by atoms with Gasteiger partial charge in [-0.3, -0.25) is 0 Å². The summed E-state index contributed by atoms with van der Waals surface area (Å²) in [7, 11) is 0.